The standard InChI is InChI=1S/C14H17F2N3.2ClH/c15-14(16)13(19-7-5-17-6-8-19)11-2-1-10-3-4-18-12(10)9-11;;/h1-4,9,13-14,17-18H,5-8H2;2*1H/t13-;;/m0../s1. The molecule has 2 N–H and O–H groups in total. The Labute approximate surface area is 134 Å². The molecule has 0 bridgehead atoms. The number of hydrogen-bond acceptors (Lipinski definition) is 2. The minimum absolute atomic E-state index is 0. The Morgan fingerprint density at radius 3 is 2.43 bits per heavy atom. The molecule has 0 spiro atoms. The summed E-state index contributed by atoms with van der Waals surface area (Å²) in [5.41, 5.74) is 1.60. The maximum Gasteiger partial charge on any atom is 0.258 e. The third-order valence-corrected chi connectivity index (χ3v) is 3.70. The highest BCUT2D eigenvalue weighted by Gasteiger charge is 2.30. The molecule has 0 aliphatic carbocycles. The Hall–Kier alpha value is -0.880. The lowest BCUT2D eigenvalue weighted by Crippen LogP contribution is -2.46. The number of alkyl halides is 2. The van der Waals surface area contributed by atoms with Crippen molar-refractivity contribution in [2.75, 3.05) is 26.2 Å². The predicted molar refractivity (Wildman–Crippen MR) is 86.0 cm³/mol. The number of halogens is 4. The van der Waals surface area contributed by atoms with E-state index in [-0.39, 0.29) is 24.8 Å². The first-order valence-corrected chi connectivity index (χ1v) is 6.55. The van der Waals surface area contributed by atoms with Gasteiger partial charge in [-0.1, -0.05) is 12.1 Å². The average Bonchev–Trinajstić information content (AvgIpc) is 2.87. The van der Waals surface area contributed by atoms with Crippen LogP contribution < -0.4 is 5.32 Å². The second-order valence-electron chi connectivity index (χ2n) is 4.89. The number of aromatic amines is 1. The molecule has 1 aliphatic rings. The van der Waals surface area contributed by atoms with Crippen molar-refractivity contribution in [3.63, 3.8) is 0 Å². The molecule has 1 aromatic heterocycles. The van der Waals surface area contributed by atoms with Crippen molar-refractivity contribution in [2.24, 2.45) is 0 Å². The lowest BCUT2D eigenvalue weighted by Gasteiger charge is -2.34. The quantitative estimate of drug-likeness (QED) is 0.900. The Balaban J connectivity index is 0.00000110. The van der Waals surface area contributed by atoms with E-state index in [4.69, 9.17) is 0 Å². The molecular formula is C14H19Cl2F2N3. The highest BCUT2D eigenvalue weighted by atomic mass is 35.5. The van der Waals surface area contributed by atoms with Crippen LogP contribution in [0.15, 0.2) is 30.5 Å². The lowest BCUT2D eigenvalue weighted by atomic mass is 10.0. The van der Waals surface area contributed by atoms with E-state index in [2.05, 4.69) is 10.3 Å². The molecule has 1 aromatic carbocycles. The Kier molecular flexibility index (Phi) is 6.87. The molecular weight excluding hydrogens is 319 g/mol. The van der Waals surface area contributed by atoms with Gasteiger partial charge in [-0.3, -0.25) is 4.90 Å². The monoisotopic (exact) mass is 337 g/mol. The number of hydrogen-bond donors (Lipinski definition) is 2. The second kappa shape index (κ2) is 7.94. The smallest absolute Gasteiger partial charge is 0.258 e. The lowest BCUT2D eigenvalue weighted by molar-refractivity contribution is 0.0182. The number of aromatic nitrogens is 1. The first-order chi connectivity index (χ1) is 9.25. The number of benzene rings is 1. The number of fused-ring (bicyclic) bond motifs is 1. The van der Waals surface area contributed by atoms with Gasteiger partial charge in [-0.2, -0.15) is 0 Å². The third kappa shape index (κ3) is 3.86. The Bertz CT molecular complexity index is 556. The largest absolute Gasteiger partial charge is 0.361 e. The van der Waals surface area contributed by atoms with Gasteiger partial charge in [-0.25, -0.2) is 8.78 Å². The van der Waals surface area contributed by atoms with E-state index in [0.717, 1.165) is 24.0 Å². The van der Waals surface area contributed by atoms with Gasteiger partial charge in [0.05, 0.1) is 6.04 Å². The van der Waals surface area contributed by atoms with Crippen molar-refractivity contribution < 1.29 is 8.78 Å². The van der Waals surface area contributed by atoms with Crippen LogP contribution in [0.3, 0.4) is 0 Å². The summed E-state index contributed by atoms with van der Waals surface area (Å²) < 4.78 is 26.8. The number of rotatable bonds is 3. The van der Waals surface area contributed by atoms with Crippen molar-refractivity contribution >= 4 is 35.7 Å². The first kappa shape index (κ1) is 18.2. The van der Waals surface area contributed by atoms with Gasteiger partial charge in [0.1, 0.15) is 0 Å². The van der Waals surface area contributed by atoms with Gasteiger partial charge < -0.3 is 10.3 Å². The van der Waals surface area contributed by atoms with Crippen molar-refractivity contribution in [1.29, 1.82) is 0 Å². The molecule has 1 aliphatic heterocycles. The van der Waals surface area contributed by atoms with Crippen molar-refractivity contribution in [3.05, 3.63) is 36.0 Å². The normalized spacial score (nSPS) is 17.3. The number of nitrogens with one attached hydrogen (secondary N) is 2. The Morgan fingerprint density at radius 1 is 1.05 bits per heavy atom. The van der Waals surface area contributed by atoms with Crippen LogP contribution in [-0.4, -0.2) is 42.5 Å². The summed E-state index contributed by atoms with van der Waals surface area (Å²) in [5, 5.41) is 4.25. The molecule has 3 rings (SSSR count). The highest BCUT2D eigenvalue weighted by molar-refractivity contribution is 5.85. The molecule has 1 saturated heterocycles. The molecule has 1 fully saturated rings. The van der Waals surface area contributed by atoms with Crippen LogP contribution in [0, 0.1) is 0 Å². The van der Waals surface area contributed by atoms with Crippen LogP contribution in [0.5, 0.6) is 0 Å². The van der Waals surface area contributed by atoms with Crippen LogP contribution in [0.4, 0.5) is 8.78 Å². The summed E-state index contributed by atoms with van der Waals surface area (Å²) >= 11 is 0. The molecule has 0 amide bonds. The van der Waals surface area contributed by atoms with Crippen LogP contribution in [-0.2, 0) is 0 Å². The average molecular weight is 338 g/mol. The van der Waals surface area contributed by atoms with E-state index >= 15 is 0 Å². The zero-order valence-corrected chi connectivity index (χ0v) is 13.0. The van der Waals surface area contributed by atoms with Gasteiger partial charge in [-0.05, 0) is 23.1 Å². The maximum absolute atomic E-state index is 13.4. The number of nitrogens with zero attached hydrogens (tertiary/aromatic N) is 1. The molecule has 3 nitrogen and oxygen atoms in total. The fraction of sp³-hybridized carbons (Fsp3) is 0.429. The zero-order valence-electron chi connectivity index (χ0n) is 11.4. The van der Waals surface area contributed by atoms with E-state index < -0.39 is 12.5 Å². The summed E-state index contributed by atoms with van der Waals surface area (Å²) in [7, 11) is 0. The summed E-state index contributed by atoms with van der Waals surface area (Å²) in [6, 6.07) is 6.69. The SMILES string of the molecule is Cl.Cl.FC(F)[C@H](c1ccc2cc[nH]c2c1)N1CCNCC1. The van der Waals surface area contributed by atoms with Gasteiger partial charge in [0.25, 0.3) is 6.43 Å². The molecule has 1 atom stereocenters. The van der Waals surface area contributed by atoms with Crippen LogP contribution in [0.2, 0.25) is 0 Å². The first-order valence-electron chi connectivity index (χ1n) is 6.55. The molecule has 2 aromatic rings. The van der Waals surface area contributed by atoms with E-state index in [1.165, 1.54) is 0 Å². The van der Waals surface area contributed by atoms with Crippen molar-refractivity contribution in [2.45, 2.75) is 12.5 Å². The van der Waals surface area contributed by atoms with E-state index in [1.54, 1.807) is 0 Å². The maximum atomic E-state index is 13.4. The van der Waals surface area contributed by atoms with Crippen LogP contribution in [0.25, 0.3) is 10.9 Å². The fourth-order valence-corrected chi connectivity index (χ4v) is 2.73. The Morgan fingerprint density at radius 2 is 1.76 bits per heavy atom. The second-order valence-corrected chi connectivity index (χ2v) is 4.89. The van der Waals surface area contributed by atoms with Gasteiger partial charge >= 0.3 is 0 Å². The van der Waals surface area contributed by atoms with E-state index in [9.17, 15) is 8.78 Å². The molecule has 0 radical (unpaired) electrons. The number of H-pyrrole nitrogens is 1. The minimum atomic E-state index is -2.37. The highest BCUT2D eigenvalue weighted by Crippen LogP contribution is 2.29. The van der Waals surface area contributed by atoms with Crippen molar-refractivity contribution in [1.82, 2.24) is 15.2 Å². The molecule has 7 heteroatoms. The number of piperazine rings is 1. The topological polar surface area (TPSA) is 31.1 Å². The van der Waals surface area contributed by atoms with Crippen molar-refractivity contribution in [3.8, 4) is 0 Å². The fourth-order valence-electron chi connectivity index (χ4n) is 2.73. The van der Waals surface area contributed by atoms with Gasteiger partial charge in [0, 0.05) is 37.9 Å². The third-order valence-electron chi connectivity index (χ3n) is 3.70. The minimum Gasteiger partial charge on any atom is -0.361 e. The van der Waals surface area contributed by atoms with Crippen LogP contribution >= 0.6 is 24.8 Å². The molecule has 0 unspecified atom stereocenters. The summed E-state index contributed by atoms with van der Waals surface area (Å²) in [6.45, 7) is 2.87. The zero-order chi connectivity index (χ0) is 13.2. The predicted octanol–water partition coefficient (Wildman–Crippen LogP) is 3.22. The molecule has 21 heavy (non-hydrogen) atoms. The van der Waals surface area contributed by atoms with Gasteiger partial charge in [0.2, 0.25) is 0 Å². The molecule has 2 heterocycles. The van der Waals surface area contributed by atoms with Crippen LogP contribution in [0.1, 0.15) is 11.6 Å². The molecule has 0 saturated carbocycles. The molecule has 118 valence electrons. The summed E-state index contributed by atoms with van der Waals surface area (Å²) in [4.78, 5) is 4.95. The van der Waals surface area contributed by atoms with Gasteiger partial charge in [-0.15, -0.1) is 24.8 Å². The van der Waals surface area contributed by atoms with E-state index in [0.29, 0.717) is 18.7 Å². The van der Waals surface area contributed by atoms with E-state index in [1.807, 2.05) is 35.4 Å². The van der Waals surface area contributed by atoms with Gasteiger partial charge in [0.15, 0.2) is 0 Å². The summed E-state index contributed by atoms with van der Waals surface area (Å²) in [6.07, 6.45) is -0.540. The summed E-state index contributed by atoms with van der Waals surface area (Å²) in [5.74, 6) is 0.